The minimum absolute atomic E-state index is 0.105. The summed E-state index contributed by atoms with van der Waals surface area (Å²) in [4.78, 5) is 12.4. The summed E-state index contributed by atoms with van der Waals surface area (Å²) >= 11 is 0. The van der Waals surface area contributed by atoms with Crippen molar-refractivity contribution in [3.8, 4) is 0 Å². The van der Waals surface area contributed by atoms with Crippen LogP contribution in [0.2, 0.25) is 0 Å². The van der Waals surface area contributed by atoms with Crippen molar-refractivity contribution in [3.63, 3.8) is 0 Å². The van der Waals surface area contributed by atoms with E-state index in [0.29, 0.717) is 18.3 Å². The maximum Gasteiger partial charge on any atom is 0.303 e. The summed E-state index contributed by atoms with van der Waals surface area (Å²) in [5.74, 6) is 0.808. The van der Waals surface area contributed by atoms with Crippen LogP contribution < -0.4 is 0 Å². The molecule has 0 aliphatic heterocycles. The van der Waals surface area contributed by atoms with Crippen LogP contribution in [0.1, 0.15) is 93.9 Å². The lowest BCUT2D eigenvalue weighted by atomic mass is 9.45. The van der Waals surface area contributed by atoms with Gasteiger partial charge in [0.15, 0.2) is 0 Å². The van der Waals surface area contributed by atoms with Gasteiger partial charge in [-0.2, -0.15) is 0 Å². The molecule has 3 N–H and O–H groups in total. The highest BCUT2D eigenvalue weighted by Crippen LogP contribution is 2.67. The lowest BCUT2D eigenvalue weighted by molar-refractivity contribution is -0.176. The van der Waals surface area contributed by atoms with Gasteiger partial charge in [-0.3, -0.25) is 4.79 Å². The van der Waals surface area contributed by atoms with Crippen molar-refractivity contribution in [2.75, 3.05) is 0 Å². The third kappa shape index (κ3) is 4.28. The average molecular weight is 515 g/mol. The maximum absolute atomic E-state index is 12.4. The van der Waals surface area contributed by atoms with Gasteiger partial charge < -0.3 is 20.1 Å². The van der Waals surface area contributed by atoms with Crippen molar-refractivity contribution in [2.24, 2.45) is 39.9 Å². The number of carbonyl (C=O) groups excluding carboxylic acids is 1. The van der Waals surface area contributed by atoms with E-state index in [0.717, 1.165) is 37.7 Å². The molecule has 5 heteroatoms. The lowest BCUT2D eigenvalue weighted by Gasteiger charge is -2.62. The van der Waals surface area contributed by atoms with Gasteiger partial charge in [0.2, 0.25) is 0 Å². The van der Waals surface area contributed by atoms with E-state index in [1.54, 1.807) is 0 Å². The Labute approximate surface area is 224 Å². The Balaban J connectivity index is 1.78. The standard InChI is InChI=1S/C32H50O5/c1-17(2)18(3)10-11-19(4)22-13-14-23-21-12-15-25-30(6,7)28(36)24(34)16-31(25,8)26(21)27(35)29(32(22,23)9)37-20(5)33/h14,17,19,22,24-25,27-29,34-36H,3,10-13,15-16H2,1-2,4-9H3/t19-,22-,24-,25?,27-,28+,29+,31+,32-/m1/s1. The number of fused-ring (bicyclic) bond motifs is 4. The first-order valence-corrected chi connectivity index (χ1v) is 14.4. The van der Waals surface area contributed by atoms with Crippen LogP contribution in [0.25, 0.3) is 0 Å². The second-order valence-electron chi connectivity index (χ2n) is 14.0. The van der Waals surface area contributed by atoms with E-state index in [2.05, 4.69) is 47.3 Å². The summed E-state index contributed by atoms with van der Waals surface area (Å²) in [6.45, 7) is 20.8. The molecule has 208 valence electrons. The highest BCUT2D eigenvalue weighted by molar-refractivity contribution is 5.67. The first-order valence-electron chi connectivity index (χ1n) is 14.4. The van der Waals surface area contributed by atoms with Crippen LogP contribution in [0, 0.1) is 39.9 Å². The summed E-state index contributed by atoms with van der Waals surface area (Å²) in [5, 5.41) is 33.9. The second kappa shape index (κ2) is 9.64. The minimum atomic E-state index is -0.939. The van der Waals surface area contributed by atoms with E-state index < -0.39 is 40.7 Å². The van der Waals surface area contributed by atoms with Gasteiger partial charge in [0.25, 0.3) is 0 Å². The molecule has 0 spiro atoms. The van der Waals surface area contributed by atoms with Crippen LogP contribution in [0.4, 0.5) is 0 Å². The molecule has 1 saturated carbocycles. The molecule has 0 amide bonds. The van der Waals surface area contributed by atoms with E-state index in [1.165, 1.54) is 23.6 Å². The van der Waals surface area contributed by atoms with Gasteiger partial charge >= 0.3 is 5.97 Å². The number of allylic oxidation sites excluding steroid dienone is 3. The van der Waals surface area contributed by atoms with Crippen LogP contribution in [0.5, 0.6) is 0 Å². The summed E-state index contributed by atoms with van der Waals surface area (Å²) in [5.41, 5.74) is 3.17. The van der Waals surface area contributed by atoms with Crippen molar-refractivity contribution in [3.05, 3.63) is 34.9 Å². The molecule has 4 aliphatic carbocycles. The number of carbonyl (C=O) groups is 1. The van der Waals surface area contributed by atoms with Crippen LogP contribution in [0.3, 0.4) is 0 Å². The van der Waals surface area contributed by atoms with Crippen molar-refractivity contribution in [2.45, 2.75) is 118 Å². The first kappa shape index (κ1) is 28.6. The zero-order valence-corrected chi connectivity index (χ0v) is 24.3. The monoisotopic (exact) mass is 514 g/mol. The van der Waals surface area contributed by atoms with Crippen LogP contribution >= 0.6 is 0 Å². The smallest absolute Gasteiger partial charge is 0.303 e. The van der Waals surface area contributed by atoms with E-state index in [4.69, 9.17) is 4.74 Å². The number of aliphatic hydroxyl groups excluding tert-OH is 3. The summed E-state index contributed by atoms with van der Waals surface area (Å²) < 4.78 is 6.04. The predicted octanol–water partition coefficient (Wildman–Crippen LogP) is 5.74. The Morgan fingerprint density at radius 3 is 2.41 bits per heavy atom. The Bertz CT molecular complexity index is 1000. The molecule has 37 heavy (non-hydrogen) atoms. The van der Waals surface area contributed by atoms with E-state index >= 15 is 0 Å². The lowest BCUT2D eigenvalue weighted by Crippen LogP contribution is -2.62. The number of hydrogen-bond acceptors (Lipinski definition) is 5. The second-order valence-corrected chi connectivity index (χ2v) is 14.0. The molecule has 0 saturated heterocycles. The highest BCUT2D eigenvalue weighted by atomic mass is 16.6. The average Bonchev–Trinajstić information content (AvgIpc) is 3.15. The number of ether oxygens (including phenoxy) is 1. The van der Waals surface area contributed by atoms with Gasteiger partial charge in [0, 0.05) is 12.3 Å². The molecule has 0 aromatic carbocycles. The van der Waals surface area contributed by atoms with Gasteiger partial charge in [-0.1, -0.05) is 66.7 Å². The third-order valence-electron chi connectivity index (χ3n) is 11.2. The molecule has 0 heterocycles. The fourth-order valence-corrected chi connectivity index (χ4v) is 9.06. The predicted molar refractivity (Wildman–Crippen MR) is 147 cm³/mol. The number of aliphatic hydroxyl groups is 3. The Kier molecular flexibility index (Phi) is 7.45. The number of rotatable bonds is 6. The normalized spacial score (nSPS) is 41.5. The zero-order chi connectivity index (χ0) is 27.7. The van der Waals surface area contributed by atoms with Crippen molar-refractivity contribution < 1.29 is 24.9 Å². The van der Waals surface area contributed by atoms with Crippen molar-refractivity contribution in [1.82, 2.24) is 0 Å². The molecule has 1 unspecified atom stereocenters. The van der Waals surface area contributed by atoms with Gasteiger partial charge in [0.1, 0.15) is 12.2 Å². The first-order chi connectivity index (χ1) is 17.1. The largest absolute Gasteiger partial charge is 0.458 e. The molecule has 0 aromatic heterocycles. The zero-order valence-electron chi connectivity index (χ0n) is 24.3. The molecule has 4 aliphatic rings. The topological polar surface area (TPSA) is 87.0 Å². The van der Waals surface area contributed by atoms with Crippen LogP contribution in [-0.4, -0.2) is 45.7 Å². The summed E-state index contributed by atoms with van der Waals surface area (Å²) in [6.07, 6.45) is 4.08. The number of esters is 1. The van der Waals surface area contributed by atoms with E-state index in [9.17, 15) is 20.1 Å². The quantitative estimate of drug-likeness (QED) is 0.311. The maximum atomic E-state index is 12.4. The minimum Gasteiger partial charge on any atom is -0.458 e. The van der Waals surface area contributed by atoms with E-state index in [1.807, 2.05) is 13.8 Å². The van der Waals surface area contributed by atoms with E-state index in [-0.39, 0.29) is 17.8 Å². The molecule has 0 aromatic rings. The third-order valence-corrected chi connectivity index (χ3v) is 11.2. The molecular formula is C32H50O5. The van der Waals surface area contributed by atoms with Crippen molar-refractivity contribution >= 4 is 5.97 Å². The highest BCUT2D eigenvalue weighted by Gasteiger charge is 2.64. The number of hydrogen-bond donors (Lipinski definition) is 3. The molecule has 0 bridgehead atoms. The van der Waals surface area contributed by atoms with Crippen LogP contribution in [0.15, 0.2) is 34.9 Å². The molecule has 1 fully saturated rings. The molecular weight excluding hydrogens is 464 g/mol. The van der Waals surface area contributed by atoms with Crippen LogP contribution in [-0.2, 0) is 9.53 Å². The Morgan fingerprint density at radius 2 is 1.81 bits per heavy atom. The summed E-state index contributed by atoms with van der Waals surface area (Å²) in [6, 6.07) is 0. The molecule has 4 rings (SSSR count). The molecule has 5 nitrogen and oxygen atoms in total. The van der Waals surface area contributed by atoms with Crippen molar-refractivity contribution in [1.29, 1.82) is 0 Å². The van der Waals surface area contributed by atoms with Gasteiger partial charge in [0.05, 0.1) is 12.2 Å². The fourth-order valence-electron chi connectivity index (χ4n) is 9.06. The summed E-state index contributed by atoms with van der Waals surface area (Å²) in [7, 11) is 0. The van der Waals surface area contributed by atoms with Gasteiger partial charge in [-0.05, 0) is 89.7 Å². The molecule has 0 radical (unpaired) electrons. The fraction of sp³-hybridized carbons (Fsp3) is 0.781. The Morgan fingerprint density at radius 1 is 1.16 bits per heavy atom. The molecule has 9 atom stereocenters. The Hall–Kier alpha value is -1.43. The van der Waals surface area contributed by atoms with Gasteiger partial charge in [-0.25, -0.2) is 0 Å². The SMILES string of the molecule is C=C(CC[C@@H](C)[C@H]1CC=C2C3=C([C@@H](O)[C@H](OC(C)=O)[C@@]21C)[C@@]1(C)C[C@@H](O)[C@H](O)C(C)(C)C1CC3)C(C)C. The van der Waals surface area contributed by atoms with Gasteiger partial charge in [-0.15, -0.1) is 0 Å².